The van der Waals surface area contributed by atoms with Gasteiger partial charge in [-0.05, 0) is 31.5 Å². The van der Waals surface area contributed by atoms with Crippen LogP contribution in [0.3, 0.4) is 0 Å². The number of hydrogen-bond acceptors (Lipinski definition) is 2. The van der Waals surface area contributed by atoms with E-state index >= 15 is 0 Å². The molecule has 2 nitrogen and oxygen atoms in total. The second-order valence-electron chi connectivity index (χ2n) is 4.00. The maximum absolute atomic E-state index is 13.4. The van der Waals surface area contributed by atoms with Crippen molar-refractivity contribution < 1.29 is 13.5 Å². The Bertz CT molecular complexity index is 344. The molecule has 0 saturated carbocycles. The van der Waals surface area contributed by atoms with Crippen molar-refractivity contribution in [1.82, 2.24) is 5.32 Å². The summed E-state index contributed by atoms with van der Waals surface area (Å²) in [6.45, 7) is 3.26. The van der Waals surface area contributed by atoms with Crippen LogP contribution in [0.5, 0.6) is 0 Å². The number of rotatable bonds is 7. The summed E-state index contributed by atoms with van der Waals surface area (Å²) < 4.78 is 31.6. The summed E-state index contributed by atoms with van der Waals surface area (Å²) in [7, 11) is 1.81. The number of ether oxygens (including phenoxy) is 1. The molecule has 1 unspecified atom stereocenters. The first-order chi connectivity index (χ1) is 8.17. The van der Waals surface area contributed by atoms with Crippen LogP contribution >= 0.6 is 0 Å². The minimum atomic E-state index is -0.547. The molecule has 1 rings (SSSR count). The third-order valence-electron chi connectivity index (χ3n) is 2.56. The van der Waals surface area contributed by atoms with Crippen LogP contribution in [0.25, 0.3) is 0 Å². The zero-order valence-corrected chi connectivity index (χ0v) is 10.3. The number of nitrogens with one attached hydrogen (secondary N) is 1. The largest absolute Gasteiger partial charge is 0.380 e. The number of hydrogen-bond donors (Lipinski definition) is 1. The molecule has 0 radical (unpaired) electrons. The van der Waals surface area contributed by atoms with E-state index in [1.165, 1.54) is 12.1 Å². The summed E-state index contributed by atoms with van der Waals surface area (Å²) in [5.41, 5.74) is 0.505. The van der Waals surface area contributed by atoms with Gasteiger partial charge in [0.1, 0.15) is 11.6 Å². The Kier molecular flexibility index (Phi) is 6.08. The van der Waals surface area contributed by atoms with E-state index in [0.29, 0.717) is 25.2 Å². The molecule has 0 aliphatic rings. The summed E-state index contributed by atoms with van der Waals surface area (Å²) in [5, 5.41) is 3.07. The maximum Gasteiger partial charge on any atom is 0.129 e. The van der Waals surface area contributed by atoms with Gasteiger partial charge in [0, 0.05) is 18.7 Å². The van der Waals surface area contributed by atoms with Crippen LogP contribution in [0.4, 0.5) is 8.78 Å². The van der Waals surface area contributed by atoms with Gasteiger partial charge in [-0.15, -0.1) is 0 Å². The lowest BCUT2D eigenvalue weighted by Crippen LogP contribution is -2.33. The summed E-state index contributed by atoms with van der Waals surface area (Å²) in [6, 6.07) is 3.71. The third kappa shape index (κ3) is 4.79. The van der Waals surface area contributed by atoms with Crippen molar-refractivity contribution in [3.63, 3.8) is 0 Å². The normalized spacial score (nSPS) is 12.7. The van der Waals surface area contributed by atoms with Gasteiger partial charge in [0.2, 0.25) is 0 Å². The molecule has 1 atom stereocenters. The van der Waals surface area contributed by atoms with Gasteiger partial charge in [0.05, 0.1) is 6.61 Å². The van der Waals surface area contributed by atoms with E-state index < -0.39 is 11.6 Å². The van der Waals surface area contributed by atoms with E-state index in [4.69, 9.17) is 4.74 Å². The lowest BCUT2D eigenvalue weighted by atomic mass is 10.1. The fraction of sp³-hybridized carbons (Fsp3) is 0.538. The fourth-order valence-corrected chi connectivity index (χ4v) is 1.57. The van der Waals surface area contributed by atoms with Gasteiger partial charge in [0.15, 0.2) is 0 Å². The van der Waals surface area contributed by atoms with Crippen LogP contribution in [-0.2, 0) is 11.2 Å². The van der Waals surface area contributed by atoms with Crippen molar-refractivity contribution in [2.75, 3.05) is 20.3 Å². The van der Waals surface area contributed by atoms with Crippen LogP contribution < -0.4 is 5.32 Å². The second-order valence-corrected chi connectivity index (χ2v) is 4.00. The van der Waals surface area contributed by atoms with Gasteiger partial charge < -0.3 is 10.1 Å². The summed E-state index contributed by atoms with van der Waals surface area (Å²) in [5.74, 6) is -1.05. The fourth-order valence-electron chi connectivity index (χ4n) is 1.57. The molecular formula is C13H19F2NO. The van der Waals surface area contributed by atoms with Gasteiger partial charge in [-0.3, -0.25) is 0 Å². The Morgan fingerprint density at radius 3 is 2.71 bits per heavy atom. The van der Waals surface area contributed by atoms with Crippen LogP contribution in [0, 0.1) is 11.6 Å². The van der Waals surface area contributed by atoms with Crippen molar-refractivity contribution >= 4 is 0 Å². The first-order valence-electron chi connectivity index (χ1n) is 5.86. The Hall–Kier alpha value is -1.00. The third-order valence-corrected chi connectivity index (χ3v) is 2.56. The molecule has 96 valence electrons. The molecule has 0 heterocycles. The topological polar surface area (TPSA) is 21.3 Å². The monoisotopic (exact) mass is 243 g/mol. The number of halogens is 2. The Morgan fingerprint density at radius 2 is 2.12 bits per heavy atom. The van der Waals surface area contributed by atoms with Crippen LogP contribution in [0.1, 0.15) is 18.9 Å². The van der Waals surface area contributed by atoms with E-state index in [1.807, 2.05) is 6.92 Å². The van der Waals surface area contributed by atoms with E-state index in [2.05, 4.69) is 5.32 Å². The van der Waals surface area contributed by atoms with Crippen molar-refractivity contribution in [3.05, 3.63) is 35.4 Å². The SMILES string of the molecule is CCCOCC(Cc1ccc(F)cc1F)NC. The first-order valence-corrected chi connectivity index (χ1v) is 5.86. The molecule has 1 aromatic rings. The van der Waals surface area contributed by atoms with Gasteiger partial charge in [-0.25, -0.2) is 8.78 Å². The zero-order valence-electron chi connectivity index (χ0n) is 10.3. The van der Waals surface area contributed by atoms with Gasteiger partial charge in [-0.1, -0.05) is 13.0 Å². The lowest BCUT2D eigenvalue weighted by Gasteiger charge is -2.16. The number of benzene rings is 1. The molecule has 0 bridgehead atoms. The highest BCUT2D eigenvalue weighted by molar-refractivity contribution is 5.19. The van der Waals surface area contributed by atoms with Crippen molar-refractivity contribution in [3.8, 4) is 0 Å². The Morgan fingerprint density at radius 1 is 1.35 bits per heavy atom. The minimum absolute atomic E-state index is 0.0431. The van der Waals surface area contributed by atoms with Gasteiger partial charge in [-0.2, -0.15) is 0 Å². The summed E-state index contributed by atoms with van der Waals surface area (Å²) >= 11 is 0. The quantitative estimate of drug-likeness (QED) is 0.743. The molecular weight excluding hydrogens is 224 g/mol. The van der Waals surface area contributed by atoms with E-state index in [0.717, 1.165) is 12.5 Å². The molecule has 0 saturated heterocycles. The molecule has 0 aromatic heterocycles. The molecule has 0 amide bonds. The van der Waals surface area contributed by atoms with Crippen LogP contribution in [0.15, 0.2) is 18.2 Å². The minimum Gasteiger partial charge on any atom is -0.380 e. The molecule has 0 fully saturated rings. The molecule has 0 spiro atoms. The van der Waals surface area contributed by atoms with Gasteiger partial charge >= 0.3 is 0 Å². The molecule has 0 aliphatic carbocycles. The zero-order chi connectivity index (χ0) is 12.7. The van der Waals surface area contributed by atoms with Gasteiger partial charge in [0.25, 0.3) is 0 Å². The van der Waals surface area contributed by atoms with Crippen LogP contribution in [0.2, 0.25) is 0 Å². The van der Waals surface area contributed by atoms with E-state index in [1.54, 1.807) is 7.05 Å². The smallest absolute Gasteiger partial charge is 0.129 e. The van der Waals surface area contributed by atoms with E-state index in [-0.39, 0.29) is 6.04 Å². The average Bonchev–Trinajstić information content (AvgIpc) is 2.31. The van der Waals surface area contributed by atoms with Crippen molar-refractivity contribution in [2.24, 2.45) is 0 Å². The molecule has 1 N–H and O–H groups in total. The second kappa shape index (κ2) is 7.35. The molecule has 17 heavy (non-hydrogen) atoms. The number of likely N-dealkylation sites (N-methyl/N-ethyl adjacent to an activating group) is 1. The Balaban J connectivity index is 2.54. The lowest BCUT2D eigenvalue weighted by molar-refractivity contribution is 0.113. The molecule has 1 aromatic carbocycles. The summed E-state index contributed by atoms with van der Waals surface area (Å²) in [6.07, 6.45) is 1.45. The first kappa shape index (κ1) is 14.1. The predicted molar refractivity (Wildman–Crippen MR) is 64.0 cm³/mol. The molecule has 4 heteroatoms. The van der Waals surface area contributed by atoms with Crippen molar-refractivity contribution in [1.29, 1.82) is 0 Å². The standard InChI is InChI=1S/C13H19F2NO/c1-3-6-17-9-12(16-2)7-10-4-5-11(14)8-13(10)15/h4-5,8,12,16H,3,6-7,9H2,1-2H3. The summed E-state index contributed by atoms with van der Waals surface area (Å²) in [4.78, 5) is 0. The van der Waals surface area contributed by atoms with Crippen molar-refractivity contribution in [2.45, 2.75) is 25.8 Å². The van der Waals surface area contributed by atoms with E-state index in [9.17, 15) is 8.78 Å². The predicted octanol–water partition coefficient (Wildman–Crippen LogP) is 2.52. The Labute approximate surface area is 101 Å². The highest BCUT2D eigenvalue weighted by Gasteiger charge is 2.11. The maximum atomic E-state index is 13.4. The highest BCUT2D eigenvalue weighted by atomic mass is 19.1. The molecule has 0 aliphatic heterocycles. The highest BCUT2D eigenvalue weighted by Crippen LogP contribution is 2.11. The average molecular weight is 243 g/mol. The van der Waals surface area contributed by atoms with Crippen LogP contribution in [-0.4, -0.2) is 26.3 Å².